The summed E-state index contributed by atoms with van der Waals surface area (Å²) in [5.74, 6) is 0.561. The lowest BCUT2D eigenvalue weighted by Crippen LogP contribution is -2.23. The predicted molar refractivity (Wildman–Crippen MR) is 129 cm³/mol. The van der Waals surface area contributed by atoms with Gasteiger partial charge in [-0.05, 0) is 31.5 Å². The number of fused-ring (bicyclic) bond motifs is 2. The van der Waals surface area contributed by atoms with E-state index in [-0.39, 0.29) is 5.56 Å². The van der Waals surface area contributed by atoms with Crippen LogP contribution in [0.5, 0.6) is 0 Å². The molecule has 0 spiro atoms. The molecule has 0 saturated heterocycles. The van der Waals surface area contributed by atoms with Gasteiger partial charge in [0.1, 0.15) is 11.2 Å². The van der Waals surface area contributed by atoms with Gasteiger partial charge in [0.25, 0.3) is 5.56 Å². The smallest absolute Gasteiger partial charge is 0.262 e. The predicted octanol–water partition coefficient (Wildman–Crippen LogP) is 4.97. The van der Waals surface area contributed by atoms with Crippen LogP contribution in [-0.4, -0.2) is 14.5 Å². The molecule has 0 aliphatic carbocycles. The van der Waals surface area contributed by atoms with E-state index in [2.05, 4.69) is 41.6 Å². The minimum absolute atomic E-state index is 0.175. The minimum atomic E-state index is -0.175. The van der Waals surface area contributed by atoms with E-state index in [4.69, 9.17) is 9.98 Å². The highest BCUT2D eigenvalue weighted by Crippen LogP contribution is 2.20. The zero-order valence-electron chi connectivity index (χ0n) is 18.2. The van der Waals surface area contributed by atoms with Crippen molar-refractivity contribution in [2.75, 3.05) is 0 Å². The normalized spacial score (nSPS) is 12.0. The van der Waals surface area contributed by atoms with E-state index in [9.17, 15) is 4.79 Å². The molecule has 5 heteroatoms. The van der Waals surface area contributed by atoms with Crippen LogP contribution in [0.2, 0.25) is 0 Å². The summed E-state index contributed by atoms with van der Waals surface area (Å²) in [5.41, 5.74) is 4.60. The van der Waals surface area contributed by atoms with Gasteiger partial charge in [0.15, 0.2) is 5.65 Å². The van der Waals surface area contributed by atoms with Crippen molar-refractivity contribution in [2.24, 2.45) is 4.99 Å². The van der Waals surface area contributed by atoms with Crippen LogP contribution in [0, 0.1) is 6.92 Å². The quantitative estimate of drug-likeness (QED) is 0.417. The zero-order valence-corrected chi connectivity index (χ0v) is 18.2. The summed E-state index contributed by atoms with van der Waals surface area (Å²) in [6.07, 6.45) is 0. The Labute approximate surface area is 185 Å². The number of nitrogens with zero attached hydrogens (tertiary/aromatic N) is 3. The number of hydrogen-bond acceptors (Lipinski definition) is 3. The highest BCUT2D eigenvalue weighted by Gasteiger charge is 2.15. The Kier molecular flexibility index (Phi) is 5.15. The fourth-order valence-electron chi connectivity index (χ4n) is 4.16. The van der Waals surface area contributed by atoms with Gasteiger partial charge in [0.2, 0.25) is 0 Å². The Morgan fingerprint density at radius 2 is 1.69 bits per heavy atom. The van der Waals surface area contributed by atoms with Crippen LogP contribution in [0.15, 0.2) is 88.6 Å². The van der Waals surface area contributed by atoms with Crippen molar-refractivity contribution >= 4 is 21.9 Å². The summed E-state index contributed by atoms with van der Waals surface area (Å²) in [6, 6.07) is 26.1. The molecule has 158 valence electrons. The third kappa shape index (κ3) is 3.52. The maximum absolute atomic E-state index is 13.4. The number of H-pyrrole nitrogens is 1. The van der Waals surface area contributed by atoms with Crippen LogP contribution < -0.4 is 10.9 Å². The summed E-state index contributed by atoms with van der Waals surface area (Å²) >= 11 is 0. The van der Waals surface area contributed by atoms with Gasteiger partial charge >= 0.3 is 0 Å². The number of hydrogen-bond donors (Lipinski definition) is 1. The first kappa shape index (κ1) is 19.9. The lowest BCUT2D eigenvalue weighted by atomic mass is 10.1. The molecule has 5 nitrogen and oxygen atoms in total. The van der Waals surface area contributed by atoms with Crippen LogP contribution in [0.25, 0.3) is 33.3 Å². The van der Waals surface area contributed by atoms with E-state index in [1.165, 1.54) is 0 Å². The summed E-state index contributed by atoms with van der Waals surface area (Å²) in [7, 11) is 0. The van der Waals surface area contributed by atoms with E-state index < -0.39 is 0 Å². The van der Waals surface area contributed by atoms with Crippen LogP contribution >= 0.6 is 0 Å². The molecular weight excluding hydrogens is 396 g/mol. The first-order valence-corrected chi connectivity index (χ1v) is 10.8. The molecule has 1 N–H and O–H groups in total. The maximum atomic E-state index is 13.4. The molecule has 0 aliphatic heterocycles. The summed E-state index contributed by atoms with van der Waals surface area (Å²) in [4.78, 5) is 26.3. The number of aromatic amines is 1. The van der Waals surface area contributed by atoms with E-state index in [1.807, 2.05) is 60.7 Å². The molecule has 3 aromatic carbocycles. The van der Waals surface area contributed by atoms with Crippen LogP contribution in [-0.2, 0) is 13.1 Å². The standard InChI is InChI=1S/C27H24N4O/c1-3-31-22-15-14-18(2)16-21(22)24(28-17-19-10-6-4-7-11-19)23-26(31)29-25(30-27(23)32)20-12-8-5-9-13-20/h4-16H,3,17H2,1-2H3,(H,29,30,32). The number of nitrogens with one attached hydrogen (secondary N) is 1. The Bertz CT molecular complexity index is 1550. The summed E-state index contributed by atoms with van der Waals surface area (Å²) in [5, 5.41) is 2.19. The molecule has 0 atom stereocenters. The van der Waals surface area contributed by atoms with E-state index in [0.717, 1.165) is 27.6 Å². The van der Waals surface area contributed by atoms with Crippen molar-refractivity contribution in [1.82, 2.24) is 14.5 Å². The molecule has 2 aromatic heterocycles. The Morgan fingerprint density at radius 1 is 0.969 bits per heavy atom. The maximum Gasteiger partial charge on any atom is 0.262 e. The number of pyridine rings is 1. The number of aromatic nitrogens is 3. The second kappa shape index (κ2) is 8.27. The van der Waals surface area contributed by atoms with Crippen LogP contribution in [0.4, 0.5) is 0 Å². The third-order valence-corrected chi connectivity index (χ3v) is 5.72. The van der Waals surface area contributed by atoms with E-state index in [0.29, 0.717) is 35.3 Å². The Hall–Kier alpha value is -3.99. The SMILES string of the molecule is CCn1c2ccc(C)cc2c(=NCc2ccccc2)c2c(=O)[nH]c(-c3ccccc3)nc21. The number of aryl methyl sites for hydroxylation is 2. The van der Waals surface area contributed by atoms with Gasteiger partial charge < -0.3 is 9.55 Å². The van der Waals surface area contributed by atoms with Crippen molar-refractivity contribution in [3.63, 3.8) is 0 Å². The minimum Gasteiger partial charge on any atom is -0.325 e. The van der Waals surface area contributed by atoms with Gasteiger partial charge in [-0.1, -0.05) is 72.3 Å². The molecule has 0 unspecified atom stereocenters. The molecule has 0 bridgehead atoms. The molecule has 5 aromatic rings. The monoisotopic (exact) mass is 420 g/mol. The molecule has 2 heterocycles. The van der Waals surface area contributed by atoms with Gasteiger partial charge in [0.05, 0.1) is 17.4 Å². The van der Waals surface area contributed by atoms with Crippen molar-refractivity contribution in [3.05, 3.63) is 106 Å². The molecule has 5 rings (SSSR count). The van der Waals surface area contributed by atoms with Gasteiger partial charge in [-0.3, -0.25) is 9.79 Å². The number of benzene rings is 3. The Balaban J connectivity index is 1.89. The lowest BCUT2D eigenvalue weighted by Gasteiger charge is -2.15. The summed E-state index contributed by atoms with van der Waals surface area (Å²) in [6.45, 7) is 5.32. The second-order valence-electron chi connectivity index (χ2n) is 7.89. The van der Waals surface area contributed by atoms with Crippen molar-refractivity contribution in [3.8, 4) is 11.4 Å². The molecule has 0 fully saturated rings. The molecule has 0 aliphatic rings. The molecular formula is C27H24N4O. The average Bonchev–Trinajstić information content (AvgIpc) is 2.83. The fourth-order valence-corrected chi connectivity index (χ4v) is 4.16. The van der Waals surface area contributed by atoms with Gasteiger partial charge in [0, 0.05) is 17.5 Å². The van der Waals surface area contributed by atoms with Gasteiger partial charge in [-0.2, -0.15) is 0 Å². The first-order chi connectivity index (χ1) is 15.7. The average molecular weight is 421 g/mol. The van der Waals surface area contributed by atoms with Crippen LogP contribution in [0.3, 0.4) is 0 Å². The third-order valence-electron chi connectivity index (χ3n) is 5.72. The van der Waals surface area contributed by atoms with Crippen LogP contribution in [0.1, 0.15) is 18.1 Å². The van der Waals surface area contributed by atoms with E-state index in [1.54, 1.807) is 0 Å². The second-order valence-corrected chi connectivity index (χ2v) is 7.89. The Morgan fingerprint density at radius 3 is 2.41 bits per heavy atom. The largest absolute Gasteiger partial charge is 0.325 e. The number of rotatable bonds is 4. The van der Waals surface area contributed by atoms with Crippen molar-refractivity contribution in [2.45, 2.75) is 26.9 Å². The van der Waals surface area contributed by atoms with Gasteiger partial charge in [-0.15, -0.1) is 0 Å². The zero-order chi connectivity index (χ0) is 22.1. The van der Waals surface area contributed by atoms with Crippen molar-refractivity contribution in [1.29, 1.82) is 0 Å². The summed E-state index contributed by atoms with van der Waals surface area (Å²) < 4.78 is 2.10. The highest BCUT2D eigenvalue weighted by atomic mass is 16.1. The first-order valence-electron chi connectivity index (χ1n) is 10.8. The highest BCUT2D eigenvalue weighted by molar-refractivity contribution is 5.92. The molecule has 0 amide bonds. The van der Waals surface area contributed by atoms with Crippen molar-refractivity contribution < 1.29 is 0 Å². The van der Waals surface area contributed by atoms with E-state index >= 15 is 0 Å². The molecule has 0 radical (unpaired) electrons. The lowest BCUT2D eigenvalue weighted by molar-refractivity contribution is 0.806. The topological polar surface area (TPSA) is 63.0 Å². The molecule has 32 heavy (non-hydrogen) atoms. The van der Waals surface area contributed by atoms with Gasteiger partial charge in [-0.25, -0.2) is 4.98 Å². The molecule has 0 saturated carbocycles. The fraction of sp³-hybridized carbons (Fsp3) is 0.148.